The van der Waals surface area contributed by atoms with Crippen molar-refractivity contribution in [2.75, 3.05) is 13.2 Å². The molecule has 0 bridgehead atoms. The molecule has 0 spiro atoms. The number of ether oxygens (including phenoxy) is 1. The van der Waals surface area contributed by atoms with E-state index in [1.807, 2.05) is 6.08 Å². The van der Waals surface area contributed by atoms with E-state index in [0.717, 1.165) is 38.5 Å². The van der Waals surface area contributed by atoms with Crippen LogP contribution in [0.4, 0.5) is 0 Å². The van der Waals surface area contributed by atoms with Crippen LogP contribution in [0.5, 0.6) is 0 Å². The first kappa shape index (κ1) is 66.6. The number of rotatable bonds is 58. The summed E-state index contributed by atoms with van der Waals surface area (Å²) in [5.41, 5.74) is 0. The lowest BCUT2D eigenvalue weighted by atomic mass is 10.0. The standard InChI is InChI=1S/C62H121NO5/c1-3-5-7-9-11-13-15-17-19-20-21-24-27-30-34-38-42-46-50-54-60(65)59(58-64)63-61(66)55-51-47-43-39-35-31-28-25-22-23-26-29-33-37-41-45-49-53-57-68-62(67)56-52-48-44-40-36-32-18-16-14-12-10-8-6-4-2/h50,54,59-60,64-65H,3-49,51-53,55-58H2,1-2H3,(H,63,66)/b54-50+. The zero-order valence-electron chi connectivity index (χ0n) is 46.1. The minimum Gasteiger partial charge on any atom is -0.466 e. The molecule has 0 aliphatic carbocycles. The summed E-state index contributed by atoms with van der Waals surface area (Å²) in [4.78, 5) is 24.5. The molecule has 404 valence electrons. The van der Waals surface area contributed by atoms with Crippen LogP contribution in [0.25, 0.3) is 0 Å². The molecule has 0 radical (unpaired) electrons. The van der Waals surface area contributed by atoms with E-state index in [-0.39, 0.29) is 18.5 Å². The van der Waals surface area contributed by atoms with Gasteiger partial charge >= 0.3 is 5.97 Å². The highest BCUT2D eigenvalue weighted by atomic mass is 16.5. The maximum absolute atomic E-state index is 12.5. The minimum absolute atomic E-state index is 0.00956. The number of aliphatic hydroxyl groups is 2. The Hall–Kier alpha value is -1.40. The summed E-state index contributed by atoms with van der Waals surface area (Å²) in [5.74, 6) is -0.0589. The summed E-state index contributed by atoms with van der Waals surface area (Å²) >= 11 is 0. The third-order valence-electron chi connectivity index (χ3n) is 14.6. The van der Waals surface area contributed by atoms with Gasteiger partial charge in [0.15, 0.2) is 0 Å². The van der Waals surface area contributed by atoms with Crippen LogP contribution in [0.1, 0.15) is 348 Å². The summed E-state index contributed by atoms with van der Waals surface area (Å²) in [6.45, 7) is 4.93. The summed E-state index contributed by atoms with van der Waals surface area (Å²) in [6.07, 6.45) is 69.6. The van der Waals surface area contributed by atoms with E-state index in [1.54, 1.807) is 6.08 Å². The number of carbonyl (C=O) groups excluding carboxylic acids is 2. The Morgan fingerprint density at radius 1 is 0.397 bits per heavy atom. The number of unbranched alkanes of at least 4 members (excludes halogenated alkanes) is 47. The van der Waals surface area contributed by atoms with Gasteiger partial charge in [-0.25, -0.2) is 0 Å². The van der Waals surface area contributed by atoms with Crippen molar-refractivity contribution in [3.8, 4) is 0 Å². The fourth-order valence-corrected chi connectivity index (χ4v) is 9.81. The summed E-state index contributed by atoms with van der Waals surface area (Å²) < 4.78 is 5.48. The van der Waals surface area contributed by atoms with Crippen LogP contribution in [-0.4, -0.2) is 47.4 Å². The fraction of sp³-hybridized carbons (Fsp3) is 0.935. The van der Waals surface area contributed by atoms with E-state index in [2.05, 4.69) is 19.2 Å². The van der Waals surface area contributed by atoms with E-state index in [9.17, 15) is 19.8 Å². The highest BCUT2D eigenvalue weighted by molar-refractivity contribution is 5.76. The van der Waals surface area contributed by atoms with Crippen molar-refractivity contribution in [2.45, 2.75) is 360 Å². The Labute approximate surface area is 425 Å². The molecule has 0 aliphatic heterocycles. The lowest BCUT2D eigenvalue weighted by Crippen LogP contribution is -2.45. The SMILES string of the molecule is CCCCCCCCCCCCCCCCCCC/C=C/C(O)C(CO)NC(=O)CCCCCCCCCCCCCCCCCCCCOC(=O)CCCCCCCCCCCCCCCC. The van der Waals surface area contributed by atoms with Gasteiger partial charge in [-0.2, -0.15) is 0 Å². The monoisotopic (exact) mass is 960 g/mol. The molecule has 2 unspecified atom stereocenters. The van der Waals surface area contributed by atoms with Gasteiger partial charge in [-0.05, 0) is 32.1 Å². The van der Waals surface area contributed by atoms with Gasteiger partial charge in [-0.15, -0.1) is 0 Å². The number of carbonyl (C=O) groups is 2. The molecule has 0 saturated carbocycles. The van der Waals surface area contributed by atoms with Crippen LogP contribution in [0.3, 0.4) is 0 Å². The highest BCUT2D eigenvalue weighted by Crippen LogP contribution is 2.18. The van der Waals surface area contributed by atoms with E-state index in [4.69, 9.17) is 4.74 Å². The Kier molecular flexibility index (Phi) is 57.0. The number of amides is 1. The number of esters is 1. The second kappa shape index (κ2) is 58.2. The first-order valence-electron chi connectivity index (χ1n) is 31.0. The van der Waals surface area contributed by atoms with Crippen LogP contribution in [0.2, 0.25) is 0 Å². The van der Waals surface area contributed by atoms with Gasteiger partial charge < -0.3 is 20.3 Å². The van der Waals surface area contributed by atoms with E-state index < -0.39 is 12.1 Å². The Morgan fingerprint density at radius 2 is 0.676 bits per heavy atom. The van der Waals surface area contributed by atoms with Crippen LogP contribution in [0, 0.1) is 0 Å². The Bertz CT molecular complexity index is 1020. The lowest BCUT2D eigenvalue weighted by Gasteiger charge is -2.20. The minimum atomic E-state index is -0.847. The van der Waals surface area contributed by atoms with Crippen molar-refractivity contribution < 1.29 is 24.5 Å². The molecule has 68 heavy (non-hydrogen) atoms. The third kappa shape index (κ3) is 53.9. The zero-order valence-corrected chi connectivity index (χ0v) is 46.1. The molecule has 0 aromatic rings. The van der Waals surface area contributed by atoms with E-state index in [0.29, 0.717) is 19.4 Å². The summed E-state index contributed by atoms with van der Waals surface area (Å²) in [6, 6.07) is -0.630. The molecule has 0 saturated heterocycles. The smallest absolute Gasteiger partial charge is 0.305 e. The molecule has 0 rings (SSSR count). The van der Waals surface area contributed by atoms with Crippen LogP contribution in [0.15, 0.2) is 12.2 Å². The summed E-state index contributed by atoms with van der Waals surface area (Å²) in [5, 5.41) is 23.2. The Balaban J connectivity index is 3.43. The topological polar surface area (TPSA) is 95.9 Å². The van der Waals surface area contributed by atoms with Gasteiger partial charge in [0, 0.05) is 12.8 Å². The second-order valence-electron chi connectivity index (χ2n) is 21.4. The summed E-state index contributed by atoms with van der Waals surface area (Å²) in [7, 11) is 0. The number of hydrogen-bond donors (Lipinski definition) is 3. The highest BCUT2D eigenvalue weighted by Gasteiger charge is 2.18. The predicted octanol–water partition coefficient (Wildman–Crippen LogP) is 19.2. The fourth-order valence-electron chi connectivity index (χ4n) is 9.81. The van der Waals surface area contributed by atoms with Crippen molar-refractivity contribution in [3.05, 3.63) is 12.2 Å². The maximum atomic E-state index is 12.5. The van der Waals surface area contributed by atoms with Crippen LogP contribution < -0.4 is 5.32 Å². The zero-order chi connectivity index (χ0) is 49.3. The molecule has 3 N–H and O–H groups in total. The second-order valence-corrected chi connectivity index (χ2v) is 21.4. The van der Waals surface area contributed by atoms with Crippen molar-refractivity contribution >= 4 is 11.9 Å². The maximum Gasteiger partial charge on any atom is 0.305 e. The molecule has 6 heteroatoms. The quantitative estimate of drug-likeness (QED) is 0.0321. The first-order chi connectivity index (χ1) is 33.5. The Morgan fingerprint density at radius 3 is 1.00 bits per heavy atom. The average Bonchev–Trinajstić information content (AvgIpc) is 3.34. The molecule has 0 heterocycles. The van der Waals surface area contributed by atoms with E-state index >= 15 is 0 Å². The molecule has 1 amide bonds. The van der Waals surface area contributed by atoms with Crippen molar-refractivity contribution in [1.29, 1.82) is 0 Å². The average molecular weight is 961 g/mol. The van der Waals surface area contributed by atoms with Gasteiger partial charge in [0.2, 0.25) is 5.91 Å². The number of aliphatic hydroxyl groups excluding tert-OH is 2. The molecule has 0 aromatic heterocycles. The largest absolute Gasteiger partial charge is 0.466 e. The normalized spacial score (nSPS) is 12.6. The van der Waals surface area contributed by atoms with Gasteiger partial charge in [0.05, 0.1) is 25.4 Å². The molecule has 0 fully saturated rings. The van der Waals surface area contributed by atoms with Crippen LogP contribution >= 0.6 is 0 Å². The van der Waals surface area contributed by atoms with Gasteiger partial charge in [0.1, 0.15) is 0 Å². The van der Waals surface area contributed by atoms with Crippen LogP contribution in [-0.2, 0) is 14.3 Å². The predicted molar refractivity (Wildman–Crippen MR) is 297 cm³/mol. The molecule has 6 nitrogen and oxygen atoms in total. The molecular weight excluding hydrogens is 839 g/mol. The van der Waals surface area contributed by atoms with Crippen molar-refractivity contribution in [1.82, 2.24) is 5.32 Å². The van der Waals surface area contributed by atoms with Gasteiger partial charge in [-0.3, -0.25) is 9.59 Å². The number of hydrogen-bond acceptors (Lipinski definition) is 5. The van der Waals surface area contributed by atoms with Crippen molar-refractivity contribution in [3.63, 3.8) is 0 Å². The number of allylic oxidation sites excluding steroid dienone is 1. The van der Waals surface area contributed by atoms with Gasteiger partial charge in [-0.1, -0.05) is 315 Å². The molecule has 0 aromatic carbocycles. The molecule has 0 aliphatic rings. The lowest BCUT2D eigenvalue weighted by molar-refractivity contribution is -0.143. The molecule has 2 atom stereocenters. The first-order valence-corrected chi connectivity index (χ1v) is 31.0. The van der Waals surface area contributed by atoms with Gasteiger partial charge in [0.25, 0.3) is 0 Å². The van der Waals surface area contributed by atoms with Crippen molar-refractivity contribution in [2.24, 2.45) is 0 Å². The third-order valence-corrected chi connectivity index (χ3v) is 14.6. The van der Waals surface area contributed by atoms with E-state index in [1.165, 1.54) is 283 Å². The molecular formula is C62H121NO5. The number of nitrogens with one attached hydrogen (secondary N) is 1.